The van der Waals surface area contributed by atoms with Crippen LogP contribution in [0.25, 0.3) is 0 Å². The molecule has 5 nitrogen and oxygen atoms in total. The van der Waals surface area contributed by atoms with Crippen LogP contribution >= 0.6 is 11.3 Å². The first-order chi connectivity index (χ1) is 8.95. The highest BCUT2D eigenvalue weighted by molar-refractivity contribution is 7.89. The Morgan fingerprint density at radius 2 is 2.21 bits per heavy atom. The van der Waals surface area contributed by atoms with E-state index in [0.717, 1.165) is 4.88 Å². The smallest absolute Gasteiger partial charge is 0.261 e. The zero-order valence-corrected chi connectivity index (χ0v) is 12.0. The summed E-state index contributed by atoms with van der Waals surface area (Å²) >= 11 is 1.34. The van der Waals surface area contributed by atoms with Crippen LogP contribution in [0.3, 0.4) is 0 Å². The fraction of sp³-hybridized carbons (Fsp3) is 0.600. The van der Waals surface area contributed by atoms with Crippen molar-refractivity contribution in [2.75, 3.05) is 26.8 Å². The third kappa shape index (κ3) is 5.91. The fourth-order valence-electron chi connectivity index (χ4n) is 1.27. The Morgan fingerprint density at radius 1 is 1.47 bits per heavy atom. The fourth-order valence-corrected chi connectivity index (χ4v) is 3.57. The molecule has 1 aromatic rings. The van der Waals surface area contributed by atoms with Crippen LogP contribution in [0.1, 0.15) is 4.88 Å². The van der Waals surface area contributed by atoms with Gasteiger partial charge in [-0.2, -0.15) is 0 Å². The van der Waals surface area contributed by atoms with Crippen LogP contribution in [0.15, 0.2) is 16.3 Å². The lowest BCUT2D eigenvalue weighted by Crippen LogP contribution is -2.27. The van der Waals surface area contributed by atoms with Crippen molar-refractivity contribution in [1.82, 2.24) is 10.0 Å². The van der Waals surface area contributed by atoms with Crippen LogP contribution in [0, 0.1) is 0 Å². The molecule has 110 valence electrons. The Labute approximate surface area is 115 Å². The van der Waals surface area contributed by atoms with Gasteiger partial charge in [-0.3, -0.25) is 0 Å². The maximum Gasteiger partial charge on any atom is 0.261 e. The minimum atomic E-state index is -3.59. The molecule has 0 radical (unpaired) electrons. The summed E-state index contributed by atoms with van der Waals surface area (Å²) in [5.41, 5.74) is 0. The van der Waals surface area contributed by atoms with Crippen LogP contribution in [0.4, 0.5) is 8.78 Å². The van der Waals surface area contributed by atoms with Crippen molar-refractivity contribution in [2.45, 2.75) is 17.9 Å². The molecule has 0 amide bonds. The average molecular weight is 314 g/mol. The second-order valence-corrected chi connectivity index (χ2v) is 6.41. The monoisotopic (exact) mass is 314 g/mol. The van der Waals surface area contributed by atoms with Crippen LogP contribution in [-0.4, -0.2) is 41.6 Å². The van der Waals surface area contributed by atoms with Gasteiger partial charge in [-0.15, -0.1) is 11.3 Å². The van der Waals surface area contributed by atoms with Crippen molar-refractivity contribution >= 4 is 21.4 Å². The molecule has 0 saturated heterocycles. The van der Waals surface area contributed by atoms with Crippen molar-refractivity contribution in [1.29, 1.82) is 0 Å². The molecule has 0 atom stereocenters. The number of alkyl halides is 2. The van der Waals surface area contributed by atoms with E-state index >= 15 is 0 Å². The molecular formula is C10H16F2N2O3S2. The van der Waals surface area contributed by atoms with Crippen LogP contribution < -0.4 is 10.0 Å². The molecule has 0 unspecified atom stereocenters. The molecule has 0 aliphatic carbocycles. The average Bonchev–Trinajstić information content (AvgIpc) is 2.78. The summed E-state index contributed by atoms with van der Waals surface area (Å²) < 4.78 is 54.1. The lowest BCUT2D eigenvalue weighted by Gasteiger charge is -2.05. The van der Waals surface area contributed by atoms with E-state index in [2.05, 4.69) is 14.8 Å². The van der Waals surface area contributed by atoms with Crippen LogP contribution in [0.2, 0.25) is 0 Å². The lowest BCUT2D eigenvalue weighted by molar-refractivity contribution is 0.0199. The van der Waals surface area contributed by atoms with Gasteiger partial charge < -0.3 is 10.1 Å². The Bertz CT molecular complexity index is 477. The molecule has 9 heteroatoms. The normalized spacial score (nSPS) is 12.2. The van der Waals surface area contributed by atoms with E-state index in [4.69, 9.17) is 0 Å². The van der Waals surface area contributed by atoms with Gasteiger partial charge in [0.25, 0.3) is 6.43 Å². The number of sulfonamides is 1. The number of rotatable bonds is 9. The first-order valence-electron chi connectivity index (χ1n) is 5.53. The number of hydrogen-bond donors (Lipinski definition) is 2. The van der Waals surface area contributed by atoms with Gasteiger partial charge in [0.1, 0.15) is 6.61 Å². The first kappa shape index (κ1) is 16.4. The lowest BCUT2D eigenvalue weighted by atomic mass is 10.5. The number of hydrogen-bond acceptors (Lipinski definition) is 5. The van der Waals surface area contributed by atoms with Crippen molar-refractivity contribution in [3.05, 3.63) is 16.3 Å². The molecule has 1 heterocycles. The summed E-state index contributed by atoms with van der Waals surface area (Å²) in [6.07, 6.45) is -2.54. The number of ether oxygens (including phenoxy) is 1. The highest BCUT2D eigenvalue weighted by Gasteiger charge is 2.15. The van der Waals surface area contributed by atoms with E-state index in [9.17, 15) is 17.2 Å². The third-order valence-electron chi connectivity index (χ3n) is 2.07. The SMILES string of the molecule is CNCc1cc(S(=O)(=O)NCCOCC(F)F)cs1. The summed E-state index contributed by atoms with van der Waals surface area (Å²) in [5, 5.41) is 4.46. The molecule has 2 N–H and O–H groups in total. The van der Waals surface area contributed by atoms with Crippen molar-refractivity contribution in [2.24, 2.45) is 0 Å². The molecule has 0 spiro atoms. The maximum atomic E-state index is 11.8. The standard InChI is InChI=1S/C10H16F2N2O3S2/c1-13-5-8-4-9(7-18-8)19(15,16)14-2-3-17-6-10(11)12/h4,7,10,13-14H,2-3,5-6H2,1H3. The van der Waals surface area contributed by atoms with E-state index in [1.807, 2.05) is 0 Å². The van der Waals surface area contributed by atoms with Crippen LogP contribution in [-0.2, 0) is 21.3 Å². The highest BCUT2D eigenvalue weighted by atomic mass is 32.2. The van der Waals surface area contributed by atoms with Gasteiger partial charge in [-0.05, 0) is 13.1 Å². The summed E-state index contributed by atoms with van der Waals surface area (Å²) in [4.78, 5) is 1.08. The number of halogens is 2. The van der Waals surface area contributed by atoms with Gasteiger partial charge in [0.15, 0.2) is 0 Å². The predicted molar refractivity (Wildman–Crippen MR) is 69.1 cm³/mol. The maximum absolute atomic E-state index is 11.8. The Kier molecular flexibility index (Phi) is 6.80. The van der Waals surface area contributed by atoms with Gasteiger partial charge in [0, 0.05) is 23.3 Å². The summed E-state index contributed by atoms with van der Waals surface area (Å²) in [6, 6.07) is 1.57. The summed E-state index contributed by atoms with van der Waals surface area (Å²) in [6.45, 7) is -0.215. The summed E-state index contributed by atoms with van der Waals surface area (Å²) in [7, 11) is -1.82. The van der Waals surface area contributed by atoms with E-state index in [1.165, 1.54) is 16.7 Å². The van der Waals surface area contributed by atoms with Gasteiger partial charge in [0.05, 0.1) is 11.5 Å². The quantitative estimate of drug-likeness (QED) is 0.668. The van der Waals surface area contributed by atoms with Gasteiger partial charge in [-0.1, -0.05) is 0 Å². The molecule has 0 aromatic carbocycles. The molecular weight excluding hydrogens is 298 g/mol. The second kappa shape index (κ2) is 7.85. The van der Waals surface area contributed by atoms with Gasteiger partial charge >= 0.3 is 0 Å². The number of nitrogens with one attached hydrogen (secondary N) is 2. The first-order valence-corrected chi connectivity index (χ1v) is 7.89. The Hall–Kier alpha value is -0.610. The Balaban J connectivity index is 2.42. The molecule has 1 aromatic heterocycles. The van der Waals surface area contributed by atoms with E-state index in [0.29, 0.717) is 6.54 Å². The molecule has 0 aliphatic rings. The molecule has 19 heavy (non-hydrogen) atoms. The van der Waals surface area contributed by atoms with E-state index < -0.39 is 23.1 Å². The molecule has 0 fully saturated rings. The van der Waals surface area contributed by atoms with Crippen LogP contribution in [0.5, 0.6) is 0 Å². The summed E-state index contributed by atoms with van der Waals surface area (Å²) in [5.74, 6) is 0. The topological polar surface area (TPSA) is 67.4 Å². The minimum Gasteiger partial charge on any atom is -0.374 e. The largest absolute Gasteiger partial charge is 0.374 e. The van der Waals surface area contributed by atoms with Crippen molar-refractivity contribution in [3.63, 3.8) is 0 Å². The minimum absolute atomic E-state index is 0.0355. The van der Waals surface area contributed by atoms with Crippen molar-refractivity contribution in [3.8, 4) is 0 Å². The highest BCUT2D eigenvalue weighted by Crippen LogP contribution is 2.18. The van der Waals surface area contributed by atoms with E-state index in [-0.39, 0.29) is 18.0 Å². The second-order valence-electron chi connectivity index (χ2n) is 3.64. The molecule has 0 saturated carbocycles. The Morgan fingerprint density at radius 3 is 2.84 bits per heavy atom. The zero-order chi connectivity index (χ0) is 14.3. The number of thiophene rings is 1. The third-order valence-corrected chi connectivity index (χ3v) is 4.60. The molecule has 1 rings (SSSR count). The van der Waals surface area contributed by atoms with E-state index in [1.54, 1.807) is 13.1 Å². The van der Waals surface area contributed by atoms with Gasteiger partial charge in [-0.25, -0.2) is 21.9 Å². The molecule has 0 bridgehead atoms. The van der Waals surface area contributed by atoms with Gasteiger partial charge in [0.2, 0.25) is 10.0 Å². The zero-order valence-electron chi connectivity index (χ0n) is 10.4. The molecule has 0 aliphatic heterocycles. The predicted octanol–water partition coefficient (Wildman–Crippen LogP) is 1.03. The van der Waals surface area contributed by atoms with Crippen molar-refractivity contribution < 1.29 is 21.9 Å².